The van der Waals surface area contributed by atoms with Gasteiger partial charge in [0.15, 0.2) is 0 Å². The first-order valence-electron chi connectivity index (χ1n) is 7.69. The molecule has 0 spiro atoms. The minimum absolute atomic E-state index is 0.0352. The highest BCUT2D eigenvalue weighted by molar-refractivity contribution is 7.99. The summed E-state index contributed by atoms with van der Waals surface area (Å²) in [6.45, 7) is 5.96. The van der Waals surface area contributed by atoms with Crippen LogP contribution in [0.5, 0.6) is 0 Å². The Morgan fingerprint density at radius 1 is 1.33 bits per heavy atom. The molecule has 7 heteroatoms. The third kappa shape index (κ3) is 4.74. The normalized spacial score (nSPS) is 17.6. The molecular weight excluding hydrogens is 328 g/mol. The summed E-state index contributed by atoms with van der Waals surface area (Å²) in [4.78, 5) is 37.5. The first kappa shape index (κ1) is 18.3. The van der Waals surface area contributed by atoms with E-state index >= 15 is 0 Å². The maximum absolute atomic E-state index is 12.5. The van der Waals surface area contributed by atoms with E-state index in [1.807, 2.05) is 20.8 Å². The Kier molecular flexibility index (Phi) is 5.54. The Balaban J connectivity index is 2.07. The molecule has 0 aromatic heterocycles. The molecule has 2 N–H and O–H groups in total. The van der Waals surface area contributed by atoms with Crippen molar-refractivity contribution in [3.63, 3.8) is 0 Å². The van der Waals surface area contributed by atoms with Crippen molar-refractivity contribution in [2.75, 3.05) is 16.9 Å². The van der Waals surface area contributed by atoms with Gasteiger partial charge in [0.2, 0.25) is 11.8 Å². The number of carboxylic acid groups (broad SMARTS) is 1. The van der Waals surface area contributed by atoms with Crippen LogP contribution in [0.15, 0.2) is 24.3 Å². The number of rotatable bonds is 4. The van der Waals surface area contributed by atoms with Crippen molar-refractivity contribution in [3.8, 4) is 0 Å². The summed E-state index contributed by atoms with van der Waals surface area (Å²) < 4.78 is 0. The smallest absolute Gasteiger partial charge is 0.335 e. The average Bonchev–Trinajstić information content (AvgIpc) is 2.95. The van der Waals surface area contributed by atoms with Crippen LogP contribution in [0.2, 0.25) is 0 Å². The predicted molar refractivity (Wildman–Crippen MR) is 94.1 cm³/mol. The average molecular weight is 350 g/mol. The molecule has 1 fully saturated rings. The van der Waals surface area contributed by atoms with Crippen molar-refractivity contribution in [2.45, 2.75) is 33.2 Å². The number of hydrogen-bond acceptors (Lipinski definition) is 4. The highest BCUT2D eigenvalue weighted by Crippen LogP contribution is 2.27. The van der Waals surface area contributed by atoms with Gasteiger partial charge in [0.1, 0.15) is 6.04 Å². The van der Waals surface area contributed by atoms with Gasteiger partial charge in [0, 0.05) is 17.9 Å². The van der Waals surface area contributed by atoms with E-state index < -0.39 is 12.0 Å². The number of carboxylic acids is 1. The van der Waals surface area contributed by atoms with Gasteiger partial charge in [-0.15, -0.1) is 11.8 Å². The molecule has 1 aromatic carbocycles. The topological polar surface area (TPSA) is 86.7 Å². The molecule has 130 valence electrons. The van der Waals surface area contributed by atoms with Crippen LogP contribution in [0.1, 0.15) is 37.6 Å². The van der Waals surface area contributed by atoms with Gasteiger partial charge >= 0.3 is 5.97 Å². The van der Waals surface area contributed by atoms with Crippen molar-refractivity contribution in [1.82, 2.24) is 4.90 Å². The van der Waals surface area contributed by atoms with Gasteiger partial charge in [-0.05, 0) is 23.6 Å². The minimum atomic E-state index is -1.05. The maximum atomic E-state index is 12.5. The molecule has 0 aliphatic carbocycles. The molecule has 6 nitrogen and oxygen atoms in total. The van der Waals surface area contributed by atoms with Crippen LogP contribution in [0.4, 0.5) is 5.69 Å². The lowest BCUT2D eigenvalue weighted by Crippen LogP contribution is -2.45. The molecule has 24 heavy (non-hydrogen) atoms. The molecule has 2 rings (SSSR count). The number of nitrogens with zero attached hydrogens (tertiary/aromatic N) is 1. The number of benzene rings is 1. The Morgan fingerprint density at radius 3 is 2.67 bits per heavy atom. The molecule has 2 amide bonds. The second-order valence-corrected chi connectivity index (χ2v) is 7.99. The fraction of sp³-hybridized carbons (Fsp3) is 0.471. The Morgan fingerprint density at radius 2 is 2.04 bits per heavy atom. The van der Waals surface area contributed by atoms with Gasteiger partial charge in [-0.1, -0.05) is 26.8 Å². The second-order valence-electron chi connectivity index (χ2n) is 6.99. The lowest BCUT2D eigenvalue weighted by Gasteiger charge is -2.26. The van der Waals surface area contributed by atoms with Crippen molar-refractivity contribution in [2.24, 2.45) is 5.41 Å². The highest BCUT2D eigenvalue weighted by atomic mass is 32.2. The molecule has 1 saturated heterocycles. The van der Waals surface area contributed by atoms with E-state index in [0.717, 1.165) is 0 Å². The Labute approximate surface area is 145 Å². The van der Waals surface area contributed by atoms with E-state index in [-0.39, 0.29) is 22.8 Å². The van der Waals surface area contributed by atoms with Crippen molar-refractivity contribution < 1.29 is 19.5 Å². The number of anilines is 1. The van der Waals surface area contributed by atoms with Crippen LogP contribution in [0.3, 0.4) is 0 Å². The van der Waals surface area contributed by atoms with E-state index in [4.69, 9.17) is 5.11 Å². The van der Waals surface area contributed by atoms with Crippen LogP contribution in [-0.2, 0) is 9.59 Å². The molecular formula is C17H22N2O4S. The summed E-state index contributed by atoms with van der Waals surface area (Å²) >= 11 is 1.54. The number of hydrogen-bond donors (Lipinski definition) is 2. The largest absolute Gasteiger partial charge is 0.478 e. The molecule has 0 bridgehead atoms. The SMILES string of the molecule is CC(C)(C)CC(=O)N1CSCC1C(=O)Nc1cccc(C(=O)O)c1. The van der Waals surface area contributed by atoms with E-state index in [2.05, 4.69) is 5.32 Å². The lowest BCUT2D eigenvalue weighted by molar-refractivity contribution is -0.137. The molecule has 1 aromatic rings. The zero-order chi connectivity index (χ0) is 17.9. The molecule has 1 atom stereocenters. The van der Waals surface area contributed by atoms with Crippen molar-refractivity contribution in [1.29, 1.82) is 0 Å². The van der Waals surface area contributed by atoms with E-state index in [9.17, 15) is 14.4 Å². The third-order valence-electron chi connectivity index (χ3n) is 3.56. The first-order valence-corrected chi connectivity index (χ1v) is 8.84. The molecule has 0 saturated carbocycles. The fourth-order valence-electron chi connectivity index (χ4n) is 2.42. The summed E-state index contributed by atoms with van der Waals surface area (Å²) in [5.41, 5.74) is 0.385. The Hall–Kier alpha value is -2.02. The van der Waals surface area contributed by atoms with Crippen molar-refractivity contribution in [3.05, 3.63) is 29.8 Å². The van der Waals surface area contributed by atoms with Gasteiger partial charge in [0.25, 0.3) is 0 Å². The summed E-state index contributed by atoms with van der Waals surface area (Å²) in [5.74, 6) is -0.330. The maximum Gasteiger partial charge on any atom is 0.335 e. The number of aromatic carboxylic acids is 1. The predicted octanol–water partition coefficient (Wildman–Crippen LogP) is 2.66. The zero-order valence-corrected chi connectivity index (χ0v) is 14.9. The number of amides is 2. The third-order valence-corrected chi connectivity index (χ3v) is 4.58. The van der Waals surface area contributed by atoms with Gasteiger partial charge in [-0.2, -0.15) is 0 Å². The summed E-state index contributed by atoms with van der Waals surface area (Å²) in [7, 11) is 0. The van der Waals surface area contributed by atoms with Crippen LogP contribution in [0.25, 0.3) is 0 Å². The van der Waals surface area contributed by atoms with E-state index in [0.29, 0.717) is 23.7 Å². The Bertz CT molecular complexity index is 654. The summed E-state index contributed by atoms with van der Waals surface area (Å²) in [6, 6.07) is 5.55. The van der Waals surface area contributed by atoms with Crippen LogP contribution in [-0.4, -0.2) is 45.5 Å². The fourth-order valence-corrected chi connectivity index (χ4v) is 3.60. The molecule has 1 unspecified atom stereocenters. The number of carbonyl (C=O) groups is 3. The molecule has 1 aliphatic heterocycles. The summed E-state index contributed by atoms with van der Waals surface area (Å²) in [6.07, 6.45) is 0.381. The van der Waals surface area contributed by atoms with Gasteiger partial charge in [-0.3, -0.25) is 9.59 Å². The molecule has 1 aliphatic rings. The lowest BCUT2D eigenvalue weighted by atomic mass is 9.91. The van der Waals surface area contributed by atoms with Crippen molar-refractivity contribution >= 4 is 35.2 Å². The van der Waals surface area contributed by atoms with Gasteiger partial charge in [-0.25, -0.2) is 4.79 Å². The quantitative estimate of drug-likeness (QED) is 0.872. The van der Waals surface area contributed by atoms with E-state index in [1.165, 1.54) is 12.1 Å². The van der Waals surface area contributed by atoms with Crippen LogP contribution in [0, 0.1) is 5.41 Å². The number of nitrogens with one attached hydrogen (secondary N) is 1. The van der Waals surface area contributed by atoms with E-state index in [1.54, 1.807) is 28.8 Å². The number of thioether (sulfide) groups is 1. The second kappa shape index (κ2) is 7.25. The van der Waals surface area contributed by atoms with Gasteiger partial charge < -0.3 is 15.3 Å². The summed E-state index contributed by atoms with van der Waals surface area (Å²) in [5, 5.41) is 11.7. The van der Waals surface area contributed by atoms with Gasteiger partial charge in [0.05, 0.1) is 11.4 Å². The zero-order valence-electron chi connectivity index (χ0n) is 14.0. The van der Waals surface area contributed by atoms with Crippen LogP contribution < -0.4 is 5.32 Å². The highest BCUT2D eigenvalue weighted by Gasteiger charge is 2.35. The standard InChI is InChI=1S/C17H22N2O4S/c1-17(2,3)8-14(20)19-10-24-9-13(19)15(21)18-12-6-4-5-11(7-12)16(22)23/h4-7,13H,8-10H2,1-3H3,(H,18,21)(H,22,23). The molecule has 1 heterocycles. The minimum Gasteiger partial charge on any atom is -0.478 e. The number of carbonyl (C=O) groups excluding carboxylic acids is 2. The molecule has 0 radical (unpaired) electrons. The van der Waals surface area contributed by atoms with Crippen LogP contribution >= 0.6 is 11.8 Å². The first-order chi connectivity index (χ1) is 11.2. The monoisotopic (exact) mass is 350 g/mol.